The topological polar surface area (TPSA) is 36.3 Å². The summed E-state index contributed by atoms with van der Waals surface area (Å²) in [5.74, 6) is 0.319. The third kappa shape index (κ3) is 3.42. The Balaban J connectivity index is 3.96. The van der Waals surface area contributed by atoms with E-state index >= 15 is 0 Å². The largest absolute Gasteiger partial charge is 0.486 e. The van der Waals surface area contributed by atoms with Crippen LogP contribution >= 0.6 is 0 Å². The minimum Gasteiger partial charge on any atom is -0.486 e. The molecule has 0 aliphatic carbocycles. The third-order valence-electron chi connectivity index (χ3n) is 0.706. The van der Waals surface area contributed by atoms with Gasteiger partial charge in [0.2, 0.25) is 5.76 Å². The monoisotopic (exact) mass is 126 g/mol. The molecular weight excluding hydrogens is 116 g/mol. The molecule has 0 spiro atoms. The number of hydrogen-bond donors (Lipinski definition) is 0. The second-order valence-electron chi connectivity index (χ2n) is 1.77. The summed E-state index contributed by atoms with van der Waals surface area (Å²) in [5.41, 5.74) is 0. The Morgan fingerprint density at radius 1 is 1.67 bits per heavy atom. The van der Waals surface area contributed by atoms with E-state index in [1.54, 1.807) is 11.1 Å². The maximum atomic E-state index is 8.30. The average Bonchev–Trinajstić information content (AvgIpc) is 1.82. The first-order valence-corrected chi connectivity index (χ1v) is 2.53. The van der Waals surface area contributed by atoms with E-state index in [1.807, 2.05) is 20.2 Å². The molecule has 0 bridgehead atoms. The van der Waals surface area contributed by atoms with Crippen LogP contribution in [-0.4, -0.2) is 26.1 Å². The fourth-order valence-electron chi connectivity index (χ4n) is 0.362. The van der Waals surface area contributed by atoms with Gasteiger partial charge in [0.1, 0.15) is 6.07 Å². The first kappa shape index (κ1) is 7.83. The summed E-state index contributed by atoms with van der Waals surface area (Å²) in [4.78, 5) is 1.75. The molecule has 0 aromatic heterocycles. The standard InChI is InChI=1S/C6H10N2O/c1-8(2)5-6(4-7)9-3/h5H,1-3H3/b6-5-. The van der Waals surface area contributed by atoms with Crippen molar-refractivity contribution >= 4 is 0 Å². The minimum atomic E-state index is 0.319. The molecule has 0 aliphatic heterocycles. The Morgan fingerprint density at radius 3 is 2.33 bits per heavy atom. The summed E-state index contributed by atoms with van der Waals surface area (Å²) < 4.78 is 4.67. The maximum Gasteiger partial charge on any atom is 0.212 e. The van der Waals surface area contributed by atoms with Crippen LogP contribution in [0.2, 0.25) is 0 Å². The van der Waals surface area contributed by atoms with Crippen LogP contribution in [0, 0.1) is 11.3 Å². The second-order valence-corrected chi connectivity index (χ2v) is 1.77. The molecule has 3 nitrogen and oxygen atoms in total. The van der Waals surface area contributed by atoms with Gasteiger partial charge in [-0.05, 0) is 0 Å². The highest BCUT2D eigenvalue weighted by molar-refractivity contribution is 5.11. The zero-order valence-electron chi connectivity index (χ0n) is 5.88. The highest BCUT2D eigenvalue weighted by atomic mass is 16.5. The second kappa shape index (κ2) is 3.79. The molecule has 0 aromatic rings. The number of nitriles is 1. The number of ether oxygens (including phenoxy) is 1. The molecule has 0 rings (SSSR count). The van der Waals surface area contributed by atoms with Gasteiger partial charge in [-0.2, -0.15) is 5.26 Å². The Hall–Kier alpha value is -1.17. The first-order chi connectivity index (χ1) is 4.20. The van der Waals surface area contributed by atoms with Gasteiger partial charge in [-0.15, -0.1) is 0 Å². The van der Waals surface area contributed by atoms with Crippen LogP contribution in [0.5, 0.6) is 0 Å². The molecule has 0 unspecified atom stereocenters. The molecular formula is C6H10N2O. The Labute approximate surface area is 55.1 Å². The van der Waals surface area contributed by atoms with Gasteiger partial charge in [-0.1, -0.05) is 0 Å². The van der Waals surface area contributed by atoms with E-state index in [0.717, 1.165) is 0 Å². The zero-order chi connectivity index (χ0) is 7.28. The van der Waals surface area contributed by atoms with Crippen LogP contribution < -0.4 is 0 Å². The van der Waals surface area contributed by atoms with Gasteiger partial charge < -0.3 is 9.64 Å². The predicted molar refractivity (Wildman–Crippen MR) is 34.4 cm³/mol. The third-order valence-corrected chi connectivity index (χ3v) is 0.706. The lowest BCUT2D eigenvalue weighted by Crippen LogP contribution is -2.02. The van der Waals surface area contributed by atoms with Crippen molar-refractivity contribution in [2.45, 2.75) is 0 Å². The van der Waals surface area contributed by atoms with Crippen LogP contribution in [0.3, 0.4) is 0 Å². The normalized spacial score (nSPS) is 10.2. The molecule has 3 heteroatoms. The molecule has 0 aliphatic rings. The van der Waals surface area contributed by atoms with Crippen LogP contribution in [0.4, 0.5) is 0 Å². The zero-order valence-corrected chi connectivity index (χ0v) is 5.88. The lowest BCUT2D eigenvalue weighted by Gasteiger charge is -2.03. The molecule has 0 N–H and O–H groups in total. The van der Waals surface area contributed by atoms with Crippen LogP contribution in [0.1, 0.15) is 0 Å². The van der Waals surface area contributed by atoms with E-state index in [2.05, 4.69) is 4.74 Å². The average molecular weight is 126 g/mol. The van der Waals surface area contributed by atoms with E-state index in [-0.39, 0.29) is 0 Å². The van der Waals surface area contributed by atoms with E-state index in [4.69, 9.17) is 5.26 Å². The Morgan fingerprint density at radius 2 is 2.22 bits per heavy atom. The molecule has 0 aromatic carbocycles. The quantitative estimate of drug-likeness (QED) is 0.400. The predicted octanol–water partition coefficient (Wildman–Crippen LogP) is 0.559. The van der Waals surface area contributed by atoms with Crippen molar-refractivity contribution in [3.63, 3.8) is 0 Å². The molecule has 0 amide bonds. The van der Waals surface area contributed by atoms with E-state index in [9.17, 15) is 0 Å². The Bertz CT molecular complexity index is 144. The van der Waals surface area contributed by atoms with Crippen molar-refractivity contribution in [1.29, 1.82) is 5.26 Å². The number of rotatable bonds is 2. The van der Waals surface area contributed by atoms with E-state index in [1.165, 1.54) is 7.11 Å². The number of nitrogens with zero attached hydrogens (tertiary/aromatic N) is 2. The van der Waals surface area contributed by atoms with Gasteiger partial charge in [0.05, 0.1) is 13.3 Å². The van der Waals surface area contributed by atoms with Gasteiger partial charge >= 0.3 is 0 Å². The number of hydrogen-bond acceptors (Lipinski definition) is 3. The van der Waals surface area contributed by atoms with Crippen molar-refractivity contribution in [2.75, 3.05) is 21.2 Å². The van der Waals surface area contributed by atoms with Crippen LogP contribution in [-0.2, 0) is 4.74 Å². The summed E-state index contributed by atoms with van der Waals surface area (Å²) in [6, 6.07) is 1.88. The van der Waals surface area contributed by atoms with Crippen molar-refractivity contribution in [3.8, 4) is 6.07 Å². The van der Waals surface area contributed by atoms with Gasteiger partial charge in [0, 0.05) is 14.1 Å². The molecule has 0 saturated carbocycles. The lowest BCUT2D eigenvalue weighted by atomic mass is 10.6. The summed E-state index contributed by atoms with van der Waals surface area (Å²) in [6.07, 6.45) is 1.61. The summed E-state index contributed by atoms with van der Waals surface area (Å²) in [7, 11) is 5.13. The molecule has 50 valence electrons. The highest BCUT2D eigenvalue weighted by Crippen LogP contribution is 1.91. The fourth-order valence-corrected chi connectivity index (χ4v) is 0.362. The summed E-state index contributed by atoms with van der Waals surface area (Å²) in [6.45, 7) is 0. The van der Waals surface area contributed by atoms with Gasteiger partial charge in [-0.25, -0.2) is 0 Å². The van der Waals surface area contributed by atoms with E-state index in [0.29, 0.717) is 5.76 Å². The molecule has 0 fully saturated rings. The van der Waals surface area contributed by atoms with Crippen molar-refractivity contribution in [3.05, 3.63) is 12.0 Å². The van der Waals surface area contributed by atoms with E-state index < -0.39 is 0 Å². The summed E-state index contributed by atoms with van der Waals surface area (Å²) >= 11 is 0. The van der Waals surface area contributed by atoms with Crippen molar-refractivity contribution in [1.82, 2.24) is 4.90 Å². The van der Waals surface area contributed by atoms with Gasteiger partial charge in [0.25, 0.3) is 0 Å². The Kier molecular flexibility index (Phi) is 3.29. The minimum absolute atomic E-state index is 0.319. The first-order valence-electron chi connectivity index (χ1n) is 2.53. The van der Waals surface area contributed by atoms with Crippen molar-refractivity contribution < 1.29 is 4.74 Å². The highest BCUT2D eigenvalue weighted by Gasteiger charge is 1.89. The maximum absolute atomic E-state index is 8.30. The van der Waals surface area contributed by atoms with Gasteiger partial charge in [0.15, 0.2) is 0 Å². The van der Waals surface area contributed by atoms with Gasteiger partial charge in [-0.3, -0.25) is 0 Å². The molecule has 0 saturated heterocycles. The fraction of sp³-hybridized carbons (Fsp3) is 0.500. The van der Waals surface area contributed by atoms with Crippen molar-refractivity contribution in [2.24, 2.45) is 0 Å². The lowest BCUT2D eigenvalue weighted by molar-refractivity contribution is 0.300. The SMILES string of the molecule is CO/C(C#N)=C\N(C)C. The molecule has 0 atom stereocenters. The number of methoxy groups -OCH3 is 1. The smallest absolute Gasteiger partial charge is 0.212 e. The molecule has 0 radical (unpaired) electrons. The number of allylic oxidation sites excluding steroid dienone is 1. The molecule has 0 heterocycles. The molecule has 9 heavy (non-hydrogen) atoms. The van der Waals surface area contributed by atoms with Crippen LogP contribution in [0.15, 0.2) is 12.0 Å². The summed E-state index contributed by atoms with van der Waals surface area (Å²) in [5, 5.41) is 8.30. The van der Waals surface area contributed by atoms with Crippen LogP contribution in [0.25, 0.3) is 0 Å².